The van der Waals surface area contributed by atoms with Crippen LogP contribution in [0.3, 0.4) is 0 Å². The number of carbonyl (C=O) groups excluding carboxylic acids is 2. The van der Waals surface area contributed by atoms with Crippen molar-refractivity contribution in [2.45, 2.75) is 62.3 Å². The van der Waals surface area contributed by atoms with Crippen LogP contribution in [0.4, 0.5) is 5.69 Å². The van der Waals surface area contributed by atoms with Gasteiger partial charge >= 0.3 is 0 Å². The first-order chi connectivity index (χ1) is 20.8. The van der Waals surface area contributed by atoms with Crippen molar-refractivity contribution in [1.29, 1.82) is 5.41 Å². The van der Waals surface area contributed by atoms with E-state index in [4.69, 9.17) is 11.1 Å². The van der Waals surface area contributed by atoms with Gasteiger partial charge in [0, 0.05) is 68.9 Å². The van der Waals surface area contributed by atoms with E-state index in [9.17, 15) is 9.59 Å². The molecule has 2 heterocycles. The Hall–Kier alpha value is -2.92. The zero-order chi connectivity index (χ0) is 30.8. The fraction of sp³-hybridized carbons (Fsp3) is 0.545. The van der Waals surface area contributed by atoms with E-state index in [-0.39, 0.29) is 24.7 Å². The summed E-state index contributed by atoms with van der Waals surface area (Å²) in [5, 5.41) is 14.4. The van der Waals surface area contributed by atoms with Gasteiger partial charge in [0.05, 0.1) is 0 Å². The first-order valence-electron chi connectivity index (χ1n) is 15.6. The van der Waals surface area contributed by atoms with Crippen LogP contribution < -0.4 is 16.4 Å². The number of amides is 2. The van der Waals surface area contributed by atoms with Crippen LogP contribution in [0.5, 0.6) is 0 Å². The van der Waals surface area contributed by atoms with Gasteiger partial charge in [-0.15, -0.1) is 0 Å². The Balaban J connectivity index is 1.24. The lowest BCUT2D eigenvalue weighted by atomic mass is 9.87. The maximum absolute atomic E-state index is 11.7. The largest absolute Gasteiger partial charge is 0.388 e. The van der Waals surface area contributed by atoms with Crippen LogP contribution in [0.2, 0.25) is 0 Å². The molecule has 0 saturated carbocycles. The molecule has 2 aromatic rings. The van der Waals surface area contributed by atoms with Crippen LogP contribution in [0.25, 0.3) is 0 Å². The molecule has 5 N–H and O–H groups in total. The molecular weight excluding hydrogens is 558 g/mol. The Morgan fingerprint density at radius 2 is 1.79 bits per heavy atom. The normalized spacial score (nSPS) is 17.8. The van der Waals surface area contributed by atoms with Gasteiger partial charge in [-0.2, -0.15) is 0 Å². The Morgan fingerprint density at radius 1 is 1.09 bits per heavy atom. The van der Waals surface area contributed by atoms with Crippen molar-refractivity contribution in [3.63, 3.8) is 0 Å². The van der Waals surface area contributed by atoms with Crippen LogP contribution in [0.1, 0.15) is 61.6 Å². The number of likely N-dealkylation sites (tertiary alicyclic amines) is 1. The van der Waals surface area contributed by atoms with Gasteiger partial charge in [-0.25, -0.2) is 4.31 Å². The number of benzene rings is 2. The minimum absolute atomic E-state index is 0.0965. The molecule has 2 amide bonds. The summed E-state index contributed by atoms with van der Waals surface area (Å²) in [7, 11) is 3.40. The summed E-state index contributed by atoms with van der Waals surface area (Å²) >= 11 is 1.86. The monoisotopic (exact) mass is 607 g/mol. The summed E-state index contributed by atoms with van der Waals surface area (Å²) in [5.41, 5.74) is 10.2. The molecule has 4 rings (SSSR count). The van der Waals surface area contributed by atoms with E-state index in [1.54, 1.807) is 7.05 Å². The molecule has 9 nitrogen and oxygen atoms in total. The van der Waals surface area contributed by atoms with Crippen LogP contribution in [-0.4, -0.2) is 91.7 Å². The molecule has 43 heavy (non-hydrogen) atoms. The number of amidine groups is 1. The Labute approximate surface area is 261 Å². The van der Waals surface area contributed by atoms with E-state index in [2.05, 4.69) is 63.2 Å². The molecule has 2 aromatic carbocycles. The Bertz CT molecular complexity index is 1210. The van der Waals surface area contributed by atoms with Gasteiger partial charge in [0.25, 0.3) is 0 Å². The van der Waals surface area contributed by atoms with E-state index in [0.29, 0.717) is 29.9 Å². The quantitative estimate of drug-likeness (QED) is 0.117. The predicted molar refractivity (Wildman–Crippen MR) is 177 cm³/mol. The van der Waals surface area contributed by atoms with Crippen LogP contribution in [0.15, 0.2) is 47.4 Å². The summed E-state index contributed by atoms with van der Waals surface area (Å²) in [6.07, 6.45) is 6.23. The zero-order valence-corrected chi connectivity index (χ0v) is 26.8. The minimum atomic E-state index is -0.160. The number of hydrogen-bond donors (Lipinski definition) is 4. The maximum Gasteiger partial charge on any atom is 0.221 e. The highest BCUT2D eigenvalue weighted by Gasteiger charge is 2.24. The van der Waals surface area contributed by atoms with Crippen molar-refractivity contribution in [1.82, 2.24) is 19.4 Å². The predicted octanol–water partition coefficient (Wildman–Crippen LogP) is 4.14. The lowest BCUT2D eigenvalue weighted by Gasteiger charge is -2.34. The highest BCUT2D eigenvalue weighted by Crippen LogP contribution is 2.32. The van der Waals surface area contributed by atoms with Crippen molar-refractivity contribution < 1.29 is 9.59 Å². The van der Waals surface area contributed by atoms with Gasteiger partial charge in [-0.05, 0) is 104 Å². The number of hydrogen-bond acceptors (Lipinski definition) is 8. The number of piperidine rings is 2. The maximum atomic E-state index is 11.7. The molecule has 2 fully saturated rings. The van der Waals surface area contributed by atoms with Gasteiger partial charge in [0.2, 0.25) is 12.3 Å². The number of nitrogens with zero attached hydrogens (tertiary/aromatic N) is 3. The number of nitrogens with two attached hydrogens (primary N) is 1. The van der Waals surface area contributed by atoms with Gasteiger partial charge < -0.3 is 21.3 Å². The third-order valence-corrected chi connectivity index (χ3v) is 9.82. The second-order valence-electron chi connectivity index (χ2n) is 12.0. The van der Waals surface area contributed by atoms with Gasteiger partial charge in [0.15, 0.2) is 0 Å². The molecule has 234 valence electrons. The van der Waals surface area contributed by atoms with Crippen LogP contribution >= 0.6 is 11.9 Å². The van der Waals surface area contributed by atoms with E-state index < -0.39 is 0 Å². The number of nitrogens with one attached hydrogen (secondary N) is 3. The molecule has 1 atom stereocenters. The van der Waals surface area contributed by atoms with Crippen molar-refractivity contribution >= 4 is 35.8 Å². The zero-order valence-electron chi connectivity index (χ0n) is 26.0. The van der Waals surface area contributed by atoms with E-state index in [0.717, 1.165) is 70.5 Å². The molecule has 10 heteroatoms. The SMILES string of the molecule is CNC(=O)CCN(C=O)C(=N)c1ccc(C2CCN(CC(C)Cc3ccc(SN4CCC(N)CC4)cc3)CC2)cc1NC. The molecule has 0 spiro atoms. The van der Waals surface area contributed by atoms with Crippen LogP contribution in [-0.2, 0) is 16.0 Å². The summed E-state index contributed by atoms with van der Waals surface area (Å²) in [4.78, 5) is 28.5. The van der Waals surface area contributed by atoms with Crippen molar-refractivity contribution in [2.75, 3.05) is 58.7 Å². The summed E-state index contributed by atoms with van der Waals surface area (Å²) in [6, 6.07) is 15.6. The lowest BCUT2D eigenvalue weighted by molar-refractivity contribution is -0.121. The summed E-state index contributed by atoms with van der Waals surface area (Å²) in [6.45, 7) is 7.92. The highest BCUT2D eigenvalue weighted by molar-refractivity contribution is 7.97. The molecular formula is C33H49N7O2S. The first kappa shape index (κ1) is 33.0. The van der Waals surface area contributed by atoms with Crippen LogP contribution in [0, 0.1) is 11.3 Å². The van der Waals surface area contributed by atoms with Crippen molar-refractivity contribution in [2.24, 2.45) is 11.7 Å². The average Bonchev–Trinajstić information content (AvgIpc) is 3.03. The topological polar surface area (TPSA) is 118 Å². The minimum Gasteiger partial charge on any atom is -0.388 e. The number of anilines is 1. The molecule has 1 unspecified atom stereocenters. The highest BCUT2D eigenvalue weighted by atomic mass is 32.2. The van der Waals surface area contributed by atoms with E-state index >= 15 is 0 Å². The molecule has 0 aromatic heterocycles. The van der Waals surface area contributed by atoms with Crippen molar-refractivity contribution in [3.05, 3.63) is 59.2 Å². The fourth-order valence-corrected chi connectivity index (χ4v) is 7.06. The Morgan fingerprint density at radius 3 is 2.42 bits per heavy atom. The average molecular weight is 608 g/mol. The molecule has 0 aliphatic carbocycles. The van der Waals surface area contributed by atoms with Crippen molar-refractivity contribution in [3.8, 4) is 0 Å². The van der Waals surface area contributed by atoms with E-state index in [1.807, 2.05) is 25.1 Å². The number of carbonyl (C=O) groups is 2. The molecule has 2 aliphatic heterocycles. The number of rotatable bonds is 13. The third-order valence-electron chi connectivity index (χ3n) is 8.71. The van der Waals surface area contributed by atoms with Gasteiger partial charge in [-0.3, -0.25) is 19.9 Å². The summed E-state index contributed by atoms with van der Waals surface area (Å²) < 4.78 is 2.43. The smallest absolute Gasteiger partial charge is 0.221 e. The fourth-order valence-electron chi connectivity index (χ4n) is 6.11. The third kappa shape index (κ3) is 9.53. The second-order valence-corrected chi connectivity index (χ2v) is 13.2. The first-order valence-corrected chi connectivity index (χ1v) is 16.4. The molecule has 2 aliphatic rings. The lowest BCUT2D eigenvalue weighted by Crippen LogP contribution is -2.36. The van der Waals surface area contributed by atoms with Gasteiger partial charge in [0.1, 0.15) is 5.84 Å². The molecule has 2 saturated heterocycles. The Kier molecular flexibility index (Phi) is 12.5. The molecule has 0 radical (unpaired) electrons. The van der Waals surface area contributed by atoms with E-state index in [1.165, 1.54) is 20.9 Å². The molecule has 0 bridgehead atoms. The standard InChI is InChI=1S/C33H49N7O2S/c1-24(20-25-4-7-29(8-5-25)43-40-18-12-28(34)13-19-40)22-38-15-10-26(11-16-38)27-6-9-30(31(21-27)36-2)33(35)39(23-41)17-14-32(42)37-3/h4-9,21,23-24,26,28,35-36H,10-20,22,34H2,1-3H3,(H,37,42). The van der Waals surface area contributed by atoms with Gasteiger partial charge in [-0.1, -0.05) is 25.1 Å². The second kappa shape index (κ2) is 16.2. The summed E-state index contributed by atoms with van der Waals surface area (Å²) in [5.74, 6) is 0.994.